The summed E-state index contributed by atoms with van der Waals surface area (Å²) in [5.41, 5.74) is 0.947. The van der Waals surface area contributed by atoms with E-state index in [9.17, 15) is 19.5 Å². The van der Waals surface area contributed by atoms with Gasteiger partial charge in [0.25, 0.3) is 11.7 Å². The highest BCUT2D eigenvalue weighted by Crippen LogP contribution is 2.42. The van der Waals surface area contributed by atoms with Crippen LogP contribution in [-0.4, -0.2) is 41.5 Å². The molecule has 8 nitrogen and oxygen atoms in total. The number of nitrogens with zero attached hydrogens (tertiary/aromatic N) is 2. The number of aliphatic hydroxyl groups excluding tert-OH is 1. The molecule has 1 aromatic heterocycles. The summed E-state index contributed by atoms with van der Waals surface area (Å²) in [5, 5.41) is 11.4. The number of ether oxygens (including phenoxy) is 2. The molecule has 1 aliphatic rings. The Morgan fingerprint density at radius 3 is 2.56 bits per heavy atom. The molecule has 1 atom stereocenters. The van der Waals surface area contributed by atoms with Gasteiger partial charge in [0.05, 0.1) is 35.6 Å². The standard InChI is InChI=1S/C27H23ClN2O6/c1-3-13-36-27(34)17-7-6-8-18(14-17)30-23(20-9-4-5-12-29-20)22(25(32)26(30)33)24(31)16-10-11-21(35-2)19(28)15-16/h4-12,14-15,23,31H,3,13H2,1-2H3/b24-22+. The van der Waals surface area contributed by atoms with Crippen molar-refractivity contribution in [1.82, 2.24) is 4.98 Å². The second-order valence-electron chi connectivity index (χ2n) is 7.96. The van der Waals surface area contributed by atoms with Gasteiger partial charge >= 0.3 is 5.97 Å². The summed E-state index contributed by atoms with van der Waals surface area (Å²) in [6.07, 6.45) is 2.19. The van der Waals surface area contributed by atoms with E-state index in [1.165, 1.54) is 36.4 Å². The van der Waals surface area contributed by atoms with Crippen molar-refractivity contribution in [2.45, 2.75) is 19.4 Å². The van der Waals surface area contributed by atoms with Gasteiger partial charge in [0.1, 0.15) is 17.6 Å². The lowest BCUT2D eigenvalue weighted by Gasteiger charge is -2.25. The van der Waals surface area contributed by atoms with E-state index in [4.69, 9.17) is 21.1 Å². The van der Waals surface area contributed by atoms with Gasteiger partial charge in [-0.1, -0.05) is 30.7 Å². The second-order valence-corrected chi connectivity index (χ2v) is 8.37. The van der Waals surface area contributed by atoms with Crippen molar-refractivity contribution >= 4 is 40.7 Å². The third kappa shape index (κ3) is 4.67. The molecule has 1 fully saturated rings. The van der Waals surface area contributed by atoms with E-state index in [0.717, 1.165) is 0 Å². The lowest BCUT2D eigenvalue weighted by atomic mass is 9.98. The summed E-state index contributed by atoms with van der Waals surface area (Å²) >= 11 is 6.23. The number of rotatable bonds is 7. The largest absolute Gasteiger partial charge is 0.507 e. The first kappa shape index (κ1) is 24.9. The van der Waals surface area contributed by atoms with E-state index in [1.807, 2.05) is 6.92 Å². The van der Waals surface area contributed by atoms with Crippen molar-refractivity contribution in [2.24, 2.45) is 0 Å². The van der Waals surface area contributed by atoms with Gasteiger partial charge in [-0.05, 0) is 55.0 Å². The highest BCUT2D eigenvalue weighted by molar-refractivity contribution is 6.51. The molecule has 1 aliphatic heterocycles. The molecule has 184 valence electrons. The van der Waals surface area contributed by atoms with E-state index >= 15 is 0 Å². The molecule has 0 saturated carbocycles. The van der Waals surface area contributed by atoms with E-state index in [0.29, 0.717) is 17.9 Å². The van der Waals surface area contributed by atoms with Crippen LogP contribution in [0.2, 0.25) is 5.02 Å². The Morgan fingerprint density at radius 2 is 1.89 bits per heavy atom. The molecule has 0 aliphatic carbocycles. The number of amides is 1. The molecule has 2 aromatic carbocycles. The topological polar surface area (TPSA) is 106 Å². The first-order valence-corrected chi connectivity index (χ1v) is 11.6. The molecule has 1 unspecified atom stereocenters. The first-order chi connectivity index (χ1) is 17.4. The van der Waals surface area contributed by atoms with Gasteiger partial charge in [0, 0.05) is 17.4 Å². The lowest BCUT2D eigenvalue weighted by Crippen LogP contribution is -2.30. The van der Waals surface area contributed by atoms with Crippen molar-refractivity contribution < 1.29 is 29.0 Å². The normalized spacial score (nSPS) is 16.8. The van der Waals surface area contributed by atoms with Crippen LogP contribution in [0.4, 0.5) is 5.69 Å². The molecular weight excluding hydrogens is 484 g/mol. The molecule has 0 spiro atoms. The molecule has 36 heavy (non-hydrogen) atoms. The number of aromatic nitrogens is 1. The molecule has 3 aromatic rings. The van der Waals surface area contributed by atoms with Crippen LogP contribution >= 0.6 is 11.6 Å². The zero-order valence-corrected chi connectivity index (χ0v) is 20.4. The molecule has 2 heterocycles. The van der Waals surface area contributed by atoms with Crippen molar-refractivity contribution in [2.75, 3.05) is 18.6 Å². The molecule has 0 radical (unpaired) electrons. The van der Waals surface area contributed by atoms with E-state index in [1.54, 1.807) is 42.5 Å². The fourth-order valence-corrected chi connectivity index (χ4v) is 4.20. The van der Waals surface area contributed by atoms with Gasteiger partial charge in [0.15, 0.2) is 0 Å². The lowest BCUT2D eigenvalue weighted by molar-refractivity contribution is -0.132. The summed E-state index contributed by atoms with van der Waals surface area (Å²) in [6.45, 7) is 2.14. The zero-order valence-electron chi connectivity index (χ0n) is 19.6. The maximum atomic E-state index is 13.3. The van der Waals surface area contributed by atoms with Crippen LogP contribution in [0.25, 0.3) is 5.76 Å². The second kappa shape index (κ2) is 10.6. The van der Waals surface area contributed by atoms with Crippen LogP contribution in [0.15, 0.2) is 72.4 Å². The smallest absolute Gasteiger partial charge is 0.338 e. The number of aliphatic hydroxyl groups is 1. The minimum atomic E-state index is -1.05. The molecule has 1 amide bonds. The third-order valence-corrected chi connectivity index (χ3v) is 5.93. The molecule has 1 saturated heterocycles. The number of methoxy groups -OCH3 is 1. The number of anilines is 1. The number of esters is 1. The van der Waals surface area contributed by atoms with Crippen LogP contribution in [0.3, 0.4) is 0 Å². The van der Waals surface area contributed by atoms with Gasteiger partial charge in [-0.15, -0.1) is 0 Å². The maximum absolute atomic E-state index is 13.3. The fourth-order valence-electron chi connectivity index (χ4n) is 3.95. The Hall–Kier alpha value is -4.17. The molecule has 4 rings (SSSR count). The first-order valence-electron chi connectivity index (χ1n) is 11.2. The summed E-state index contributed by atoms with van der Waals surface area (Å²) in [4.78, 5) is 44.6. The Bertz CT molecular complexity index is 1360. The SMILES string of the molecule is CCCOC(=O)c1cccc(N2C(=O)C(=O)/C(=C(/O)c3ccc(OC)c(Cl)c3)C2c2ccccn2)c1. The summed E-state index contributed by atoms with van der Waals surface area (Å²) < 4.78 is 10.4. The number of pyridine rings is 1. The number of carbonyl (C=O) groups excluding carboxylic acids is 3. The van der Waals surface area contributed by atoms with Gasteiger partial charge < -0.3 is 14.6 Å². The highest BCUT2D eigenvalue weighted by Gasteiger charge is 2.47. The molecular formula is C27H23ClN2O6. The fraction of sp³-hybridized carbons (Fsp3) is 0.185. The zero-order chi connectivity index (χ0) is 25.8. The number of hydrogen-bond donors (Lipinski definition) is 1. The van der Waals surface area contributed by atoms with E-state index < -0.39 is 29.5 Å². The molecule has 1 N–H and O–H groups in total. The average Bonchev–Trinajstić information content (AvgIpc) is 3.17. The maximum Gasteiger partial charge on any atom is 0.338 e. The van der Waals surface area contributed by atoms with Crippen molar-refractivity contribution in [3.63, 3.8) is 0 Å². The number of ketones is 1. The van der Waals surface area contributed by atoms with Gasteiger partial charge in [-0.3, -0.25) is 19.5 Å². The van der Waals surface area contributed by atoms with Crippen molar-refractivity contribution in [3.05, 3.63) is 94.3 Å². The van der Waals surface area contributed by atoms with Crippen LogP contribution in [-0.2, 0) is 14.3 Å². The molecule has 9 heteroatoms. The number of Topliss-reactive ketones (excluding diaryl/α,β-unsaturated/α-hetero) is 1. The number of hydrogen-bond acceptors (Lipinski definition) is 7. The minimum Gasteiger partial charge on any atom is -0.507 e. The Kier molecular flexibility index (Phi) is 7.36. The predicted molar refractivity (Wildman–Crippen MR) is 134 cm³/mol. The van der Waals surface area contributed by atoms with E-state index in [2.05, 4.69) is 4.98 Å². The summed E-state index contributed by atoms with van der Waals surface area (Å²) in [7, 11) is 1.46. The number of benzene rings is 2. The number of halogens is 1. The minimum absolute atomic E-state index is 0.154. The van der Waals surface area contributed by atoms with Crippen molar-refractivity contribution in [1.29, 1.82) is 0 Å². The van der Waals surface area contributed by atoms with Gasteiger partial charge in [-0.25, -0.2) is 4.79 Å². The van der Waals surface area contributed by atoms with E-state index in [-0.39, 0.29) is 34.0 Å². The summed E-state index contributed by atoms with van der Waals surface area (Å²) in [6, 6.07) is 14.8. The van der Waals surface area contributed by atoms with Crippen LogP contribution in [0.1, 0.15) is 41.0 Å². The summed E-state index contributed by atoms with van der Waals surface area (Å²) in [5.74, 6) is -2.33. The highest BCUT2D eigenvalue weighted by atomic mass is 35.5. The average molecular weight is 507 g/mol. The van der Waals surface area contributed by atoms with Gasteiger partial charge in [-0.2, -0.15) is 0 Å². The van der Waals surface area contributed by atoms with Crippen LogP contribution < -0.4 is 9.64 Å². The number of carbonyl (C=O) groups is 3. The third-order valence-electron chi connectivity index (χ3n) is 5.63. The Morgan fingerprint density at radius 1 is 1.08 bits per heavy atom. The predicted octanol–water partition coefficient (Wildman–Crippen LogP) is 4.94. The van der Waals surface area contributed by atoms with Crippen LogP contribution in [0, 0.1) is 0 Å². The molecule has 0 bridgehead atoms. The van der Waals surface area contributed by atoms with Gasteiger partial charge in [0.2, 0.25) is 0 Å². The quantitative estimate of drug-likeness (QED) is 0.209. The monoisotopic (exact) mass is 506 g/mol. The Balaban J connectivity index is 1.86. The van der Waals surface area contributed by atoms with Crippen molar-refractivity contribution in [3.8, 4) is 5.75 Å². The van der Waals surface area contributed by atoms with Crippen LogP contribution in [0.5, 0.6) is 5.75 Å². The Labute approximate surface area is 212 Å².